The van der Waals surface area contributed by atoms with Gasteiger partial charge in [-0.25, -0.2) is 0 Å². The second kappa shape index (κ2) is 5.95. The van der Waals surface area contributed by atoms with Crippen molar-refractivity contribution in [1.29, 1.82) is 0 Å². The van der Waals surface area contributed by atoms with Crippen molar-refractivity contribution in [2.75, 3.05) is 12.3 Å². The summed E-state index contributed by atoms with van der Waals surface area (Å²) in [5.41, 5.74) is 5.48. The minimum atomic E-state index is 0.722. The van der Waals surface area contributed by atoms with Crippen molar-refractivity contribution in [2.45, 2.75) is 20.3 Å². The number of hydrogen-bond acceptors (Lipinski definition) is 2. The summed E-state index contributed by atoms with van der Waals surface area (Å²) >= 11 is 1.63. The van der Waals surface area contributed by atoms with Gasteiger partial charge in [-0.05, 0) is 13.3 Å². The van der Waals surface area contributed by atoms with E-state index in [1.807, 2.05) is 6.92 Å². The summed E-state index contributed by atoms with van der Waals surface area (Å²) in [6.45, 7) is 4.91. The molecule has 0 aliphatic rings. The molecule has 9 heavy (non-hydrogen) atoms. The highest BCUT2D eigenvalue weighted by Gasteiger charge is 1.88. The zero-order valence-corrected chi connectivity index (χ0v) is 6.87. The lowest BCUT2D eigenvalue weighted by Crippen LogP contribution is -2.07. The Kier molecular flexibility index (Phi) is 5.83. The highest BCUT2D eigenvalue weighted by atomic mass is 32.2. The molecule has 54 valence electrons. The van der Waals surface area contributed by atoms with Gasteiger partial charge in [0.15, 0.2) is 5.17 Å². The SMILES string of the molecule is CCCSC(N)=NCC. The molecule has 0 saturated carbocycles. The molecule has 0 aromatic rings. The monoisotopic (exact) mass is 146 g/mol. The summed E-state index contributed by atoms with van der Waals surface area (Å²) in [4.78, 5) is 4.02. The smallest absolute Gasteiger partial charge is 0.153 e. The van der Waals surface area contributed by atoms with Gasteiger partial charge >= 0.3 is 0 Å². The molecule has 0 saturated heterocycles. The van der Waals surface area contributed by atoms with E-state index in [1.165, 1.54) is 0 Å². The first kappa shape index (κ1) is 8.82. The molecular weight excluding hydrogens is 132 g/mol. The van der Waals surface area contributed by atoms with Crippen LogP contribution in [0.1, 0.15) is 20.3 Å². The van der Waals surface area contributed by atoms with Crippen LogP contribution in [0.15, 0.2) is 4.99 Å². The molecule has 0 atom stereocenters. The number of hydrogen-bond donors (Lipinski definition) is 1. The van der Waals surface area contributed by atoms with Gasteiger partial charge in [-0.1, -0.05) is 18.7 Å². The Morgan fingerprint density at radius 2 is 2.22 bits per heavy atom. The molecule has 0 bridgehead atoms. The second-order valence-corrected chi connectivity index (χ2v) is 2.78. The maximum atomic E-state index is 5.48. The molecule has 0 rings (SSSR count). The van der Waals surface area contributed by atoms with Crippen LogP contribution in [-0.4, -0.2) is 17.5 Å². The maximum Gasteiger partial charge on any atom is 0.153 e. The van der Waals surface area contributed by atoms with Crippen LogP contribution in [-0.2, 0) is 0 Å². The fraction of sp³-hybridized carbons (Fsp3) is 0.833. The molecule has 0 amide bonds. The van der Waals surface area contributed by atoms with E-state index in [4.69, 9.17) is 5.73 Å². The average Bonchev–Trinajstić information content (AvgIpc) is 1.85. The molecular formula is C6H14N2S. The molecule has 0 aromatic carbocycles. The molecule has 0 fully saturated rings. The Hall–Kier alpha value is -0.180. The van der Waals surface area contributed by atoms with Crippen molar-refractivity contribution >= 4 is 16.9 Å². The van der Waals surface area contributed by atoms with Gasteiger partial charge in [0.2, 0.25) is 0 Å². The van der Waals surface area contributed by atoms with Gasteiger partial charge in [-0.2, -0.15) is 0 Å². The number of nitrogens with two attached hydrogens (primary N) is 1. The number of nitrogens with zero attached hydrogens (tertiary/aromatic N) is 1. The van der Waals surface area contributed by atoms with E-state index in [-0.39, 0.29) is 0 Å². The van der Waals surface area contributed by atoms with Crippen molar-refractivity contribution in [3.05, 3.63) is 0 Å². The van der Waals surface area contributed by atoms with E-state index in [0.717, 1.165) is 23.9 Å². The Morgan fingerprint density at radius 3 is 2.67 bits per heavy atom. The zero-order chi connectivity index (χ0) is 7.11. The van der Waals surface area contributed by atoms with Crippen LogP contribution in [0.25, 0.3) is 0 Å². The van der Waals surface area contributed by atoms with E-state index in [1.54, 1.807) is 11.8 Å². The van der Waals surface area contributed by atoms with Crippen molar-refractivity contribution in [3.8, 4) is 0 Å². The van der Waals surface area contributed by atoms with Crippen LogP contribution >= 0.6 is 11.8 Å². The third-order valence-electron chi connectivity index (χ3n) is 0.768. The van der Waals surface area contributed by atoms with Crippen molar-refractivity contribution in [3.63, 3.8) is 0 Å². The summed E-state index contributed by atoms with van der Waals surface area (Å²) < 4.78 is 0. The lowest BCUT2D eigenvalue weighted by atomic mass is 10.6. The first-order chi connectivity index (χ1) is 4.31. The number of aliphatic imine (C=N–C) groups is 1. The van der Waals surface area contributed by atoms with Gasteiger partial charge in [0.05, 0.1) is 0 Å². The van der Waals surface area contributed by atoms with Crippen LogP contribution in [0.3, 0.4) is 0 Å². The van der Waals surface area contributed by atoms with E-state index >= 15 is 0 Å². The van der Waals surface area contributed by atoms with Crippen molar-refractivity contribution in [2.24, 2.45) is 10.7 Å². The van der Waals surface area contributed by atoms with Gasteiger partial charge in [0, 0.05) is 12.3 Å². The van der Waals surface area contributed by atoms with Crippen LogP contribution in [0, 0.1) is 0 Å². The maximum absolute atomic E-state index is 5.48. The fourth-order valence-electron chi connectivity index (χ4n) is 0.408. The van der Waals surface area contributed by atoms with Gasteiger partial charge in [-0.15, -0.1) is 0 Å². The first-order valence-electron chi connectivity index (χ1n) is 3.24. The van der Waals surface area contributed by atoms with Gasteiger partial charge < -0.3 is 5.73 Å². The number of amidine groups is 1. The summed E-state index contributed by atoms with van der Waals surface area (Å²) in [6.07, 6.45) is 1.16. The normalized spacial score (nSPS) is 12.0. The van der Waals surface area contributed by atoms with Crippen LogP contribution in [0.5, 0.6) is 0 Å². The molecule has 0 spiro atoms. The van der Waals surface area contributed by atoms with Crippen LogP contribution < -0.4 is 5.73 Å². The molecule has 0 heterocycles. The van der Waals surface area contributed by atoms with Crippen LogP contribution in [0.4, 0.5) is 0 Å². The molecule has 3 heteroatoms. The molecule has 2 nitrogen and oxygen atoms in total. The Bertz CT molecular complexity index is 91.1. The topological polar surface area (TPSA) is 38.4 Å². The standard InChI is InChI=1S/C6H14N2S/c1-3-5-9-6(7)8-4-2/h3-5H2,1-2H3,(H2,7,8). The second-order valence-electron chi connectivity index (χ2n) is 1.66. The molecule has 0 aromatic heterocycles. The summed E-state index contributed by atoms with van der Waals surface area (Å²) in [6, 6.07) is 0. The summed E-state index contributed by atoms with van der Waals surface area (Å²) in [7, 11) is 0. The van der Waals surface area contributed by atoms with Crippen molar-refractivity contribution in [1.82, 2.24) is 0 Å². The average molecular weight is 146 g/mol. The van der Waals surface area contributed by atoms with E-state index in [9.17, 15) is 0 Å². The molecule has 0 aliphatic heterocycles. The first-order valence-corrected chi connectivity index (χ1v) is 4.22. The Morgan fingerprint density at radius 1 is 1.56 bits per heavy atom. The van der Waals surface area contributed by atoms with Gasteiger partial charge in [0.1, 0.15) is 0 Å². The molecule has 0 radical (unpaired) electrons. The van der Waals surface area contributed by atoms with Crippen LogP contribution in [0.2, 0.25) is 0 Å². The summed E-state index contributed by atoms with van der Waals surface area (Å²) in [5, 5.41) is 0.722. The van der Waals surface area contributed by atoms with E-state index in [2.05, 4.69) is 11.9 Å². The molecule has 0 aliphatic carbocycles. The minimum Gasteiger partial charge on any atom is -0.379 e. The van der Waals surface area contributed by atoms with Gasteiger partial charge in [0.25, 0.3) is 0 Å². The largest absolute Gasteiger partial charge is 0.379 e. The highest BCUT2D eigenvalue weighted by Crippen LogP contribution is 2.00. The molecule has 0 unspecified atom stereocenters. The third-order valence-corrected chi connectivity index (χ3v) is 1.81. The van der Waals surface area contributed by atoms with E-state index < -0.39 is 0 Å². The highest BCUT2D eigenvalue weighted by molar-refractivity contribution is 8.13. The number of thioether (sulfide) groups is 1. The molecule has 2 N–H and O–H groups in total. The fourth-order valence-corrected chi connectivity index (χ4v) is 1.04. The quantitative estimate of drug-likeness (QED) is 0.483. The lowest BCUT2D eigenvalue weighted by Gasteiger charge is -1.95. The Labute approximate surface area is 60.9 Å². The third kappa shape index (κ3) is 5.69. The summed E-state index contributed by atoms with van der Waals surface area (Å²) in [5.74, 6) is 1.08. The van der Waals surface area contributed by atoms with Crippen molar-refractivity contribution < 1.29 is 0 Å². The van der Waals surface area contributed by atoms with E-state index in [0.29, 0.717) is 0 Å². The minimum absolute atomic E-state index is 0.722. The Balaban J connectivity index is 3.25. The predicted molar refractivity (Wildman–Crippen MR) is 44.9 cm³/mol. The number of rotatable bonds is 3. The lowest BCUT2D eigenvalue weighted by molar-refractivity contribution is 1.11. The predicted octanol–water partition coefficient (Wildman–Crippen LogP) is 1.46. The van der Waals surface area contributed by atoms with Gasteiger partial charge in [-0.3, -0.25) is 4.99 Å². The zero-order valence-electron chi connectivity index (χ0n) is 6.05.